The van der Waals surface area contributed by atoms with Crippen molar-refractivity contribution < 1.29 is 4.79 Å². The van der Waals surface area contributed by atoms with Crippen LogP contribution in [-0.2, 0) is 13.0 Å². The first kappa shape index (κ1) is 13.1. The van der Waals surface area contributed by atoms with E-state index >= 15 is 0 Å². The normalized spacial score (nSPS) is 14.2. The van der Waals surface area contributed by atoms with Crippen LogP contribution in [0.15, 0.2) is 12.1 Å². The zero-order valence-corrected chi connectivity index (χ0v) is 12.4. The number of aryl methyl sites for hydroxylation is 4. The molecule has 0 aliphatic carbocycles. The molecule has 1 aliphatic heterocycles. The average Bonchev–Trinajstić information content (AvgIpc) is 2.75. The van der Waals surface area contributed by atoms with Crippen LogP contribution in [0.25, 0.3) is 11.3 Å². The first-order valence-corrected chi connectivity index (χ1v) is 7.24. The third-order valence-corrected chi connectivity index (χ3v) is 4.14. The highest BCUT2D eigenvalue weighted by Gasteiger charge is 2.22. The van der Waals surface area contributed by atoms with Crippen molar-refractivity contribution >= 4 is 6.29 Å². The lowest BCUT2D eigenvalue weighted by molar-refractivity contribution is 0.111. The van der Waals surface area contributed by atoms with Crippen molar-refractivity contribution in [2.24, 2.45) is 0 Å². The Bertz CT molecular complexity index is 660. The lowest BCUT2D eigenvalue weighted by Gasteiger charge is -2.14. The van der Waals surface area contributed by atoms with Crippen LogP contribution in [0.4, 0.5) is 0 Å². The van der Waals surface area contributed by atoms with Crippen molar-refractivity contribution in [3.8, 4) is 11.3 Å². The zero-order valence-electron chi connectivity index (χ0n) is 12.4. The lowest BCUT2D eigenvalue weighted by Crippen LogP contribution is -2.12. The van der Waals surface area contributed by atoms with Gasteiger partial charge in [-0.15, -0.1) is 0 Å². The standard InChI is InChI=1S/C17H20N2O/c1-11-8-12(2)16(13(3)9-11)17-14(10-20)19-7-5-4-6-15(19)18-17/h8-10H,4-7H2,1-3H3. The Morgan fingerprint density at radius 3 is 2.50 bits per heavy atom. The maximum absolute atomic E-state index is 11.6. The highest BCUT2D eigenvalue weighted by molar-refractivity contribution is 5.86. The van der Waals surface area contributed by atoms with Crippen LogP contribution >= 0.6 is 0 Å². The Morgan fingerprint density at radius 1 is 1.15 bits per heavy atom. The summed E-state index contributed by atoms with van der Waals surface area (Å²) in [6, 6.07) is 4.32. The van der Waals surface area contributed by atoms with Gasteiger partial charge < -0.3 is 4.57 Å². The molecule has 20 heavy (non-hydrogen) atoms. The molecule has 1 aromatic heterocycles. The number of carbonyl (C=O) groups is 1. The van der Waals surface area contributed by atoms with Gasteiger partial charge in [-0.3, -0.25) is 4.79 Å². The molecule has 2 heterocycles. The predicted molar refractivity (Wildman–Crippen MR) is 80.2 cm³/mol. The van der Waals surface area contributed by atoms with E-state index in [1.54, 1.807) is 0 Å². The number of benzene rings is 1. The van der Waals surface area contributed by atoms with Crippen LogP contribution < -0.4 is 0 Å². The summed E-state index contributed by atoms with van der Waals surface area (Å²) in [6.45, 7) is 7.22. The van der Waals surface area contributed by atoms with Crippen molar-refractivity contribution in [1.82, 2.24) is 9.55 Å². The topological polar surface area (TPSA) is 34.9 Å². The number of carbonyl (C=O) groups excluding carboxylic acids is 1. The SMILES string of the molecule is Cc1cc(C)c(-c2nc3n(c2C=O)CCCC3)c(C)c1. The first-order chi connectivity index (χ1) is 9.61. The molecule has 0 saturated carbocycles. The fourth-order valence-electron chi connectivity index (χ4n) is 3.36. The van der Waals surface area contributed by atoms with Crippen LogP contribution in [0.5, 0.6) is 0 Å². The van der Waals surface area contributed by atoms with Gasteiger partial charge >= 0.3 is 0 Å². The minimum atomic E-state index is 0.745. The van der Waals surface area contributed by atoms with E-state index in [0.29, 0.717) is 0 Å². The molecule has 0 spiro atoms. The van der Waals surface area contributed by atoms with E-state index in [1.807, 2.05) is 0 Å². The van der Waals surface area contributed by atoms with Crippen molar-refractivity contribution in [1.29, 1.82) is 0 Å². The van der Waals surface area contributed by atoms with E-state index in [1.165, 1.54) is 23.1 Å². The number of fused-ring (bicyclic) bond motifs is 1. The molecule has 0 fully saturated rings. The smallest absolute Gasteiger partial charge is 0.168 e. The molecule has 104 valence electrons. The number of rotatable bonds is 2. The molecule has 1 aromatic carbocycles. The zero-order chi connectivity index (χ0) is 14.3. The summed E-state index contributed by atoms with van der Waals surface area (Å²) in [7, 11) is 0. The molecule has 0 bridgehead atoms. The third-order valence-electron chi connectivity index (χ3n) is 4.14. The van der Waals surface area contributed by atoms with Gasteiger partial charge in [0.1, 0.15) is 11.5 Å². The van der Waals surface area contributed by atoms with E-state index in [-0.39, 0.29) is 0 Å². The second-order valence-electron chi connectivity index (χ2n) is 5.76. The molecule has 3 nitrogen and oxygen atoms in total. The van der Waals surface area contributed by atoms with Gasteiger partial charge in [-0.2, -0.15) is 0 Å². The van der Waals surface area contributed by atoms with Gasteiger partial charge in [0.2, 0.25) is 0 Å². The van der Waals surface area contributed by atoms with E-state index < -0.39 is 0 Å². The van der Waals surface area contributed by atoms with Gasteiger partial charge in [0.15, 0.2) is 6.29 Å². The molecular formula is C17H20N2O. The Hall–Kier alpha value is -1.90. The molecule has 1 aliphatic rings. The number of hydrogen-bond acceptors (Lipinski definition) is 2. The number of imidazole rings is 1. The summed E-state index contributed by atoms with van der Waals surface area (Å²) in [4.78, 5) is 16.3. The summed E-state index contributed by atoms with van der Waals surface area (Å²) in [5, 5.41) is 0. The van der Waals surface area contributed by atoms with Gasteiger partial charge in [-0.25, -0.2) is 4.98 Å². The fraction of sp³-hybridized carbons (Fsp3) is 0.412. The van der Waals surface area contributed by atoms with E-state index in [0.717, 1.165) is 48.4 Å². The Labute approximate surface area is 119 Å². The largest absolute Gasteiger partial charge is 0.325 e. The highest BCUT2D eigenvalue weighted by atomic mass is 16.1. The number of nitrogens with zero attached hydrogens (tertiary/aromatic N) is 2. The van der Waals surface area contributed by atoms with Crippen molar-refractivity contribution in [2.45, 2.75) is 46.6 Å². The van der Waals surface area contributed by atoms with Gasteiger partial charge in [-0.1, -0.05) is 17.7 Å². The van der Waals surface area contributed by atoms with Crippen LogP contribution in [-0.4, -0.2) is 15.8 Å². The second-order valence-corrected chi connectivity index (χ2v) is 5.76. The number of hydrogen-bond donors (Lipinski definition) is 0. The molecule has 0 amide bonds. The molecule has 0 saturated heterocycles. The van der Waals surface area contributed by atoms with Crippen LogP contribution in [0.1, 0.15) is 45.8 Å². The number of aromatic nitrogens is 2. The second kappa shape index (κ2) is 4.89. The van der Waals surface area contributed by atoms with Crippen molar-refractivity contribution in [2.75, 3.05) is 0 Å². The van der Waals surface area contributed by atoms with Gasteiger partial charge in [0, 0.05) is 18.5 Å². The molecule has 3 heteroatoms. The van der Waals surface area contributed by atoms with E-state index in [4.69, 9.17) is 4.98 Å². The van der Waals surface area contributed by atoms with Crippen molar-refractivity contribution in [3.05, 3.63) is 40.3 Å². The minimum Gasteiger partial charge on any atom is -0.325 e. The van der Waals surface area contributed by atoms with Gasteiger partial charge in [0.05, 0.1) is 5.69 Å². The maximum Gasteiger partial charge on any atom is 0.168 e. The Morgan fingerprint density at radius 2 is 1.85 bits per heavy atom. The van der Waals surface area contributed by atoms with Crippen LogP contribution in [0, 0.1) is 20.8 Å². The minimum absolute atomic E-state index is 0.745. The Balaban J connectivity index is 2.25. The molecule has 0 radical (unpaired) electrons. The van der Waals surface area contributed by atoms with Crippen molar-refractivity contribution in [3.63, 3.8) is 0 Å². The average molecular weight is 268 g/mol. The summed E-state index contributed by atoms with van der Waals surface area (Å²) in [6.07, 6.45) is 4.25. The Kier molecular flexibility index (Phi) is 3.20. The molecule has 2 aromatic rings. The van der Waals surface area contributed by atoms with Crippen LogP contribution in [0.3, 0.4) is 0 Å². The molecule has 0 atom stereocenters. The molecule has 0 N–H and O–H groups in total. The summed E-state index contributed by atoms with van der Waals surface area (Å²) in [5.74, 6) is 1.06. The van der Waals surface area contributed by atoms with E-state index in [9.17, 15) is 4.79 Å². The molecule has 3 rings (SSSR count). The predicted octanol–water partition coefficient (Wildman–Crippen LogP) is 3.62. The molecule has 0 unspecified atom stereocenters. The highest BCUT2D eigenvalue weighted by Crippen LogP contribution is 2.32. The third kappa shape index (κ3) is 1.98. The number of aldehydes is 1. The summed E-state index contributed by atoms with van der Waals surface area (Å²) < 4.78 is 2.10. The van der Waals surface area contributed by atoms with Gasteiger partial charge in [0.25, 0.3) is 0 Å². The first-order valence-electron chi connectivity index (χ1n) is 7.24. The lowest BCUT2D eigenvalue weighted by atomic mass is 9.96. The monoisotopic (exact) mass is 268 g/mol. The summed E-state index contributed by atoms with van der Waals surface area (Å²) in [5.41, 5.74) is 6.38. The fourth-order valence-corrected chi connectivity index (χ4v) is 3.36. The quantitative estimate of drug-likeness (QED) is 0.780. The van der Waals surface area contributed by atoms with E-state index in [2.05, 4.69) is 37.5 Å². The summed E-state index contributed by atoms with van der Waals surface area (Å²) >= 11 is 0. The molecular weight excluding hydrogens is 248 g/mol. The van der Waals surface area contributed by atoms with Crippen LogP contribution in [0.2, 0.25) is 0 Å². The van der Waals surface area contributed by atoms with Gasteiger partial charge in [-0.05, 0) is 44.7 Å². The maximum atomic E-state index is 11.6.